The molecule has 0 saturated heterocycles. The Balaban J connectivity index is 1.72. The molecule has 1 heterocycles. The van der Waals surface area contributed by atoms with Gasteiger partial charge in [0.2, 0.25) is 0 Å². The van der Waals surface area contributed by atoms with Gasteiger partial charge in [0.1, 0.15) is 12.4 Å². The van der Waals surface area contributed by atoms with Gasteiger partial charge in [0, 0.05) is 22.3 Å². The van der Waals surface area contributed by atoms with Crippen LogP contribution in [0.4, 0.5) is 0 Å². The van der Waals surface area contributed by atoms with Crippen molar-refractivity contribution in [3.63, 3.8) is 0 Å². The van der Waals surface area contributed by atoms with Gasteiger partial charge in [-0.2, -0.15) is 0 Å². The van der Waals surface area contributed by atoms with Gasteiger partial charge >= 0.3 is 0 Å². The number of hydrogen-bond donors (Lipinski definition) is 1. The Morgan fingerprint density at radius 2 is 1.80 bits per heavy atom. The fraction of sp³-hybridized carbons (Fsp3) is 0.412. The van der Waals surface area contributed by atoms with Gasteiger partial charge in [0.15, 0.2) is 0 Å². The lowest BCUT2D eigenvalue weighted by Gasteiger charge is -2.14. The summed E-state index contributed by atoms with van der Waals surface area (Å²) in [6.45, 7) is 8.04. The lowest BCUT2D eigenvalue weighted by atomic mass is 10.2. The Morgan fingerprint density at radius 3 is 2.45 bits per heavy atom. The number of thiophene rings is 1. The molecule has 1 atom stereocenters. The summed E-state index contributed by atoms with van der Waals surface area (Å²) in [6.07, 6.45) is 1.12. The van der Waals surface area contributed by atoms with E-state index in [-0.39, 0.29) is 0 Å². The van der Waals surface area contributed by atoms with Crippen molar-refractivity contribution in [3.05, 3.63) is 51.7 Å². The second kappa shape index (κ2) is 7.46. The predicted octanol–water partition coefficient (Wildman–Crippen LogP) is 4.18. The van der Waals surface area contributed by atoms with E-state index in [1.807, 2.05) is 23.5 Å². The van der Waals surface area contributed by atoms with Crippen molar-refractivity contribution >= 4 is 11.3 Å². The van der Waals surface area contributed by atoms with Crippen LogP contribution in [0.25, 0.3) is 0 Å². The summed E-state index contributed by atoms with van der Waals surface area (Å²) < 4.78 is 5.78. The standard InChI is InChI=1S/C17H23NOS/c1-4-16-9-10-17(20-16)11-18-14(3)12-19-15-7-5-13(2)6-8-15/h5-10,14,18H,4,11-12H2,1-3H3. The van der Waals surface area contributed by atoms with Crippen LogP contribution in [-0.2, 0) is 13.0 Å². The van der Waals surface area contributed by atoms with Crippen LogP contribution >= 0.6 is 11.3 Å². The van der Waals surface area contributed by atoms with E-state index in [9.17, 15) is 0 Å². The molecule has 3 heteroatoms. The molecule has 108 valence electrons. The largest absolute Gasteiger partial charge is 0.492 e. The average Bonchev–Trinajstić information content (AvgIpc) is 2.92. The minimum absolute atomic E-state index is 0.337. The molecule has 0 fully saturated rings. The molecule has 1 N–H and O–H groups in total. The molecule has 0 saturated carbocycles. The van der Waals surface area contributed by atoms with Crippen molar-refractivity contribution < 1.29 is 4.74 Å². The Bertz CT molecular complexity index is 518. The second-order valence-corrected chi connectivity index (χ2v) is 6.38. The van der Waals surface area contributed by atoms with E-state index >= 15 is 0 Å². The van der Waals surface area contributed by atoms with Crippen LogP contribution in [0.3, 0.4) is 0 Å². The SMILES string of the molecule is CCc1ccc(CNC(C)COc2ccc(C)cc2)s1. The minimum atomic E-state index is 0.337. The highest BCUT2D eigenvalue weighted by Crippen LogP contribution is 2.17. The number of hydrogen-bond acceptors (Lipinski definition) is 3. The molecule has 0 aliphatic carbocycles. The average molecular weight is 289 g/mol. The molecule has 1 aromatic heterocycles. The monoisotopic (exact) mass is 289 g/mol. The van der Waals surface area contributed by atoms with Gasteiger partial charge in [-0.1, -0.05) is 24.6 Å². The third kappa shape index (κ3) is 4.66. The fourth-order valence-corrected chi connectivity index (χ4v) is 2.81. The van der Waals surface area contributed by atoms with E-state index in [1.165, 1.54) is 15.3 Å². The molecule has 1 aromatic carbocycles. The zero-order valence-electron chi connectivity index (χ0n) is 12.5. The van der Waals surface area contributed by atoms with Crippen LogP contribution in [-0.4, -0.2) is 12.6 Å². The van der Waals surface area contributed by atoms with Gasteiger partial charge in [0.25, 0.3) is 0 Å². The van der Waals surface area contributed by atoms with Crippen molar-refractivity contribution in [2.45, 2.75) is 39.8 Å². The zero-order valence-corrected chi connectivity index (χ0v) is 13.3. The van der Waals surface area contributed by atoms with Gasteiger partial charge in [0.05, 0.1) is 0 Å². The Labute approximate surface area is 125 Å². The van der Waals surface area contributed by atoms with Crippen molar-refractivity contribution in [1.82, 2.24) is 5.32 Å². The quantitative estimate of drug-likeness (QED) is 0.825. The molecular weight excluding hydrogens is 266 g/mol. The summed E-state index contributed by atoms with van der Waals surface area (Å²) in [6, 6.07) is 13.0. The highest BCUT2D eigenvalue weighted by molar-refractivity contribution is 7.11. The molecule has 0 aliphatic rings. The Hall–Kier alpha value is -1.32. The molecule has 0 amide bonds. The smallest absolute Gasteiger partial charge is 0.119 e. The molecule has 2 rings (SSSR count). The Morgan fingerprint density at radius 1 is 1.10 bits per heavy atom. The molecule has 2 nitrogen and oxygen atoms in total. The summed E-state index contributed by atoms with van der Waals surface area (Å²) in [5.74, 6) is 0.939. The van der Waals surface area contributed by atoms with E-state index in [4.69, 9.17) is 4.74 Å². The van der Waals surface area contributed by atoms with Crippen molar-refractivity contribution in [2.24, 2.45) is 0 Å². The summed E-state index contributed by atoms with van der Waals surface area (Å²) >= 11 is 1.89. The van der Waals surface area contributed by atoms with Crippen LogP contribution in [0.2, 0.25) is 0 Å². The zero-order chi connectivity index (χ0) is 14.4. The summed E-state index contributed by atoms with van der Waals surface area (Å²) in [5, 5.41) is 3.50. The highest BCUT2D eigenvalue weighted by Gasteiger charge is 2.04. The first-order valence-corrected chi connectivity index (χ1v) is 7.99. The van der Waals surface area contributed by atoms with Crippen LogP contribution < -0.4 is 10.1 Å². The third-order valence-electron chi connectivity index (χ3n) is 3.21. The van der Waals surface area contributed by atoms with E-state index < -0.39 is 0 Å². The van der Waals surface area contributed by atoms with Gasteiger partial charge in [-0.05, 0) is 44.5 Å². The Kier molecular flexibility index (Phi) is 5.62. The molecule has 1 unspecified atom stereocenters. The maximum atomic E-state index is 5.78. The first kappa shape index (κ1) is 15.1. The van der Waals surface area contributed by atoms with Crippen LogP contribution in [0.15, 0.2) is 36.4 Å². The van der Waals surface area contributed by atoms with Crippen LogP contribution in [0.1, 0.15) is 29.2 Å². The molecule has 0 radical (unpaired) electrons. The third-order valence-corrected chi connectivity index (χ3v) is 4.44. The predicted molar refractivity (Wildman–Crippen MR) is 86.7 cm³/mol. The second-order valence-electron chi connectivity index (χ2n) is 5.13. The number of nitrogens with one attached hydrogen (secondary N) is 1. The molecule has 2 aromatic rings. The maximum Gasteiger partial charge on any atom is 0.119 e. The number of benzene rings is 1. The lowest BCUT2D eigenvalue weighted by Crippen LogP contribution is -2.31. The van der Waals surface area contributed by atoms with Crippen molar-refractivity contribution in [1.29, 1.82) is 0 Å². The lowest BCUT2D eigenvalue weighted by molar-refractivity contribution is 0.273. The minimum Gasteiger partial charge on any atom is -0.492 e. The van der Waals surface area contributed by atoms with Crippen LogP contribution in [0.5, 0.6) is 5.75 Å². The van der Waals surface area contributed by atoms with E-state index in [1.54, 1.807) is 0 Å². The molecular formula is C17H23NOS. The summed E-state index contributed by atoms with van der Waals surface area (Å²) in [4.78, 5) is 2.84. The van der Waals surface area contributed by atoms with E-state index in [2.05, 4.69) is 50.4 Å². The first-order valence-electron chi connectivity index (χ1n) is 7.18. The van der Waals surface area contributed by atoms with Crippen LogP contribution in [0, 0.1) is 6.92 Å². The first-order chi connectivity index (χ1) is 9.67. The number of rotatable bonds is 7. The van der Waals surface area contributed by atoms with Crippen molar-refractivity contribution in [3.8, 4) is 5.75 Å². The highest BCUT2D eigenvalue weighted by atomic mass is 32.1. The van der Waals surface area contributed by atoms with Gasteiger partial charge in [-0.3, -0.25) is 0 Å². The maximum absolute atomic E-state index is 5.78. The molecule has 0 spiro atoms. The number of aryl methyl sites for hydroxylation is 2. The summed E-state index contributed by atoms with van der Waals surface area (Å²) in [5.41, 5.74) is 1.26. The number of ether oxygens (including phenoxy) is 1. The molecule has 0 aliphatic heterocycles. The summed E-state index contributed by atoms with van der Waals surface area (Å²) in [7, 11) is 0. The van der Waals surface area contributed by atoms with Gasteiger partial charge in [-0.25, -0.2) is 0 Å². The van der Waals surface area contributed by atoms with Crippen molar-refractivity contribution in [2.75, 3.05) is 6.61 Å². The van der Waals surface area contributed by atoms with E-state index in [0.29, 0.717) is 12.6 Å². The molecule has 20 heavy (non-hydrogen) atoms. The van der Waals surface area contributed by atoms with E-state index in [0.717, 1.165) is 18.7 Å². The normalized spacial score (nSPS) is 12.3. The molecule has 0 bridgehead atoms. The van der Waals surface area contributed by atoms with Gasteiger partial charge < -0.3 is 10.1 Å². The van der Waals surface area contributed by atoms with Gasteiger partial charge in [-0.15, -0.1) is 11.3 Å². The topological polar surface area (TPSA) is 21.3 Å². The fourth-order valence-electron chi connectivity index (χ4n) is 1.90.